The number of aromatic nitrogens is 2. The molecule has 0 fully saturated rings. The number of hydrogen-bond donors (Lipinski definition) is 1. The number of fused-ring (bicyclic) bond motifs is 1. The monoisotopic (exact) mass is 253 g/mol. The molecule has 2 rings (SSSR count). The van der Waals surface area contributed by atoms with Crippen LogP contribution >= 0.6 is 15.9 Å². The maximum atomic E-state index is 5.83. The van der Waals surface area contributed by atoms with Crippen LogP contribution in [0, 0.1) is 0 Å². The zero-order valence-electron chi connectivity index (χ0n) is 8.16. The summed E-state index contributed by atoms with van der Waals surface area (Å²) in [6, 6.07) is 5.98. The Morgan fingerprint density at radius 2 is 2.21 bits per heavy atom. The topological polar surface area (TPSA) is 43.8 Å². The van der Waals surface area contributed by atoms with Gasteiger partial charge in [0.15, 0.2) is 0 Å². The number of nitrogens with two attached hydrogens (primary N) is 1. The van der Waals surface area contributed by atoms with Crippen LogP contribution in [0.5, 0.6) is 0 Å². The summed E-state index contributed by atoms with van der Waals surface area (Å²) >= 11 is 3.48. The zero-order chi connectivity index (χ0) is 10.3. The average Bonchev–Trinajstić information content (AvgIpc) is 2.46. The maximum absolute atomic E-state index is 5.83. The highest BCUT2D eigenvalue weighted by molar-refractivity contribution is 9.10. The third kappa shape index (κ3) is 1.35. The van der Waals surface area contributed by atoms with Crippen LogP contribution in [0.15, 0.2) is 22.7 Å². The van der Waals surface area contributed by atoms with Gasteiger partial charge in [-0.25, -0.2) is 4.98 Å². The summed E-state index contributed by atoms with van der Waals surface area (Å²) in [5, 5.41) is 0. The minimum absolute atomic E-state index is 0.0423. The van der Waals surface area contributed by atoms with E-state index in [1.807, 2.05) is 36.7 Å². The van der Waals surface area contributed by atoms with E-state index in [9.17, 15) is 0 Å². The van der Waals surface area contributed by atoms with Crippen molar-refractivity contribution in [1.29, 1.82) is 0 Å². The van der Waals surface area contributed by atoms with Gasteiger partial charge in [-0.05, 0) is 35.0 Å². The Morgan fingerprint density at radius 1 is 1.50 bits per heavy atom. The van der Waals surface area contributed by atoms with E-state index in [4.69, 9.17) is 5.73 Å². The second kappa shape index (κ2) is 3.37. The summed E-state index contributed by atoms with van der Waals surface area (Å²) < 4.78 is 3.04. The minimum Gasteiger partial charge on any atom is -0.330 e. The van der Waals surface area contributed by atoms with Crippen LogP contribution in [-0.4, -0.2) is 9.55 Å². The zero-order valence-corrected chi connectivity index (χ0v) is 9.75. The van der Waals surface area contributed by atoms with Crippen LogP contribution in [0.2, 0.25) is 0 Å². The molecule has 0 radical (unpaired) electrons. The third-order valence-corrected chi connectivity index (χ3v) is 2.94. The number of para-hydroxylation sites is 1. The molecule has 0 saturated carbocycles. The largest absolute Gasteiger partial charge is 0.330 e. The molecule has 0 saturated heterocycles. The van der Waals surface area contributed by atoms with Gasteiger partial charge >= 0.3 is 0 Å². The number of nitrogens with zero attached hydrogens (tertiary/aromatic N) is 2. The van der Waals surface area contributed by atoms with E-state index in [-0.39, 0.29) is 6.04 Å². The van der Waals surface area contributed by atoms with Gasteiger partial charge in [-0.3, -0.25) is 0 Å². The second-order valence-electron chi connectivity index (χ2n) is 3.43. The summed E-state index contributed by atoms with van der Waals surface area (Å²) in [6.07, 6.45) is 0. The summed E-state index contributed by atoms with van der Waals surface area (Å²) in [5.74, 6) is 0.909. The SMILES string of the molecule is C[C@H](N)c1nc2c(Br)cccc2n1C. The average molecular weight is 254 g/mol. The molecule has 0 aliphatic carbocycles. The quantitative estimate of drug-likeness (QED) is 0.848. The van der Waals surface area contributed by atoms with Crippen molar-refractivity contribution in [3.8, 4) is 0 Å². The smallest absolute Gasteiger partial charge is 0.126 e. The molecule has 1 heterocycles. The van der Waals surface area contributed by atoms with Crippen molar-refractivity contribution in [3.63, 3.8) is 0 Å². The minimum atomic E-state index is -0.0423. The molecule has 1 aromatic carbocycles. The number of rotatable bonds is 1. The predicted molar refractivity (Wildman–Crippen MR) is 61.0 cm³/mol. The molecular formula is C10H12BrN3. The van der Waals surface area contributed by atoms with E-state index >= 15 is 0 Å². The molecule has 4 heteroatoms. The Kier molecular flexibility index (Phi) is 2.33. The Morgan fingerprint density at radius 3 is 2.79 bits per heavy atom. The van der Waals surface area contributed by atoms with Gasteiger partial charge in [0, 0.05) is 11.5 Å². The number of aryl methyl sites for hydroxylation is 1. The number of halogens is 1. The molecule has 1 aromatic heterocycles. The molecule has 2 aromatic rings. The molecule has 0 unspecified atom stereocenters. The molecule has 0 spiro atoms. The van der Waals surface area contributed by atoms with Crippen molar-refractivity contribution in [3.05, 3.63) is 28.5 Å². The first kappa shape index (κ1) is 9.68. The fraction of sp³-hybridized carbons (Fsp3) is 0.300. The van der Waals surface area contributed by atoms with Gasteiger partial charge < -0.3 is 10.3 Å². The van der Waals surface area contributed by atoms with E-state index in [1.54, 1.807) is 0 Å². The lowest BCUT2D eigenvalue weighted by Crippen LogP contribution is -2.11. The van der Waals surface area contributed by atoms with Crippen molar-refractivity contribution in [2.45, 2.75) is 13.0 Å². The Hall–Kier alpha value is -0.870. The number of imidazole rings is 1. The van der Waals surface area contributed by atoms with Crippen molar-refractivity contribution >= 4 is 27.0 Å². The maximum Gasteiger partial charge on any atom is 0.126 e. The van der Waals surface area contributed by atoms with Gasteiger partial charge in [-0.15, -0.1) is 0 Å². The van der Waals surface area contributed by atoms with Gasteiger partial charge in [-0.2, -0.15) is 0 Å². The summed E-state index contributed by atoms with van der Waals surface area (Å²) in [7, 11) is 1.99. The molecule has 0 aliphatic heterocycles. The van der Waals surface area contributed by atoms with Crippen LogP contribution in [0.1, 0.15) is 18.8 Å². The van der Waals surface area contributed by atoms with Crippen molar-refractivity contribution < 1.29 is 0 Å². The first-order chi connectivity index (χ1) is 6.61. The van der Waals surface area contributed by atoms with E-state index in [1.165, 1.54) is 0 Å². The highest BCUT2D eigenvalue weighted by Crippen LogP contribution is 2.24. The molecule has 14 heavy (non-hydrogen) atoms. The van der Waals surface area contributed by atoms with Gasteiger partial charge in [0.1, 0.15) is 11.3 Å². The lowest BCUT2D eigenvalue weighted by atomic mass is 10.3. The van der Waals surface area contributed by atoms with E-state index in [2.05, 4.69) is 20.9 Å². The molecule has 1 atom stereocenters. The van der Waals surface area contributed by atoms with Gasteiger partial charge in [-0.1, -0.05) is 6.07 Å². The van der Waals surface area contributed by atoms with Gasteiger partial charge in [0.05, 0.1) is 11.6 Å². The van der Waals surface area contributed by atoms with Crippen LogP contribution in [-0.2, 0) is 7.05 Å². The van der Waals surface area contributed by atoms with Crippen molar-refractivity contribution in [2.75, 3.05) is 0 Å². The highest BCUT2D eigenvalue weighted by Gasteiger charge is 2.12. The first-order valence-corrected chi connectivity index (χ1v) is 5.27. The normalized spacial score (nSPS) is 13.4. The Balaban J connectivity index is 2.80. The standard InChI is InChI=1S/C10H12BrN3/c1-6(12)10-13-9-7(11)4-3-5-8(9)14(10)2/h3-6H,12H2,1-2H3/t6-/m0/s1. The molecule has 2 N–H and O–H groups in total. The van der Waals surface area contributed by atoms with E-state index in [0.29, 0.717) is 0 Å². The van der Waals surface area contributed by atoms with E-state index in [0.717, 1.165) is 21.3 Å². The van der Waals surface area contributed by atoms with Crippen molar-refractivity contribution in [1.82, 2.24) is 9.55 Å². The second-order valence-corrected chi connectivity index (χ2v) is 4.28. The molecule has 3 nitrogen and oxygen atoms in total. The van der Waals surface area contributed by atoms with Crippen LogP contribution in [0.3, 0.4) is 0 Å². The summed E-state index contributed by atoms with van der Waals surface area (Å²) in [4.78, 5) is 4.50. The number of benzene rings is 1. The van der Waals surface area contributed by atoms with Gasteiger partial charge in [0.2, 0.25) is 0 Å². The summed E-state index contributed by atoms with van der Waals surface area (Å²) in [5.41, 5.74) is 7.91. The van der Waals surface area contributed by atoms with E-state index < -0.39 is 0 Å². The fourth-order valence-electron chi connectivity index (χ4n) is 1.61. The molecule has 0 amide bonds. The lowest BCUT2D eigenvalue weighted by Gasteiger charge is -2.04. The highest BCUT2D eigenvalue weighted by atomic mass is 79.9. The summed E-state index contributed by atoms with van der Waals surface area (Å²) in [6.45, 7) is 1.94. The van der Waals surface area contributed by atoms with Gasteiger partial charge in [0.25, 0.3) is 0 Å². The van der Waals surface area contributed by atoms with Crippen molar-refractivity contribution in [2.24, 2.45) is 12.8 Å². The molecule has 0 bridgehead atoms. The van der Waals surface area contributed by atoms with Crippen LogP contribution in [0.4, 0.5) is 0 Å². The third-order valence-electron chi connectivity index (χ3n) is 2.30. The molecule has 74 valence electrons. The van der Waals surface area contributed by atoms with Crippen LogP contribution in [0.25, 0.3) is 11.0 Å². The Labute approximate surface area is 91.1 Å². The first-order valence-electron chi connectivity index (χ1n) is 4.47. The lowest BCUT2D eigenvalue weighted by molar-refractivity contribution is 0.696. The molecular weight excluding hydrogens is 242 g/mol. The fourth-order valence-corrected chi connectivity index (χ4v) is 2.05. The number of hydrogen-bond acceptors (Lipinski definition) is 2. The molecule has 0 aliphatic rings. The van der Waals surface area contributed by atoms with Crippen LogP contribution < -0.4 is 5.73 Å². The predicted octanol–water partition coefficient (Wildman–Crippen LogP) is 2.36. The Bertz CT molecular complexity index is 473.